The monoisotopic (exact) mass is 270 g/mol. The van der Waals surface area contributed by atoms with Crippen molar-refractivity contribution in [2.75, 3.05) is 4.43 Å². The quantitative estimate of drug-likeness (QED) is 0.410. The predicted octanol–water partition coefficient (Wildman–Crippen LogP) is 3.39. The van der Waals surface area contributed by atoms with E-state index in [0.29, 0.717) is 5.38 Å². The molecule has 1 rings (SSSR count). The van der Waals surface area contributed by atoms with Crippen LogP contribution in [0.1, 0.15) is 19.3 Å². The molecule has 0 aliphatic heterocycles. The summed E-state index contributed by atoms with van der Waals surface area (Å²) in [6.07, 6.45) is 8.22. The summed E-state index contributed by atoms with van der Waals surface area (Å²) in [7, 11) is 0. The molecule has 0 N–H and O–H groups in total. The average Bonchev–Trinajstić information content (AvgIpc) is 2.05. The van der Waals surface area contributed by atoms with Gasteiger partial charge in [0.15, 0.2) is 0 Å². The second kappa shape index (κ2) is 4.60. The maximum Gasteiger partial charge on any atom is 0.0456 e. The van der Waals surface area contributed by atoms with E-state index >= 15 is 0 Å². The Balaban J connectivity index is 2.33. The highest BCUT2D eigenvalue weighted by Gasteiger charge is 2.17. The third-order valence-electron chi connectivity index (χ3n) is 1.97. The van der Waals surface area contributed by atoms with Gasteiger partial charge in [0.1, 0.15) is 0 Å². The first kappa shape index (κ1) is 8.85. The van der Waals surface area contributed by atoms with Crippen molar-refractivity contribution in [3.63, 3.8) is 0 Å². The van der Waals surface area contributed by atoms with Crippen molar-refractivity contribution in [1.82, 2.24) is 0 Å². The lowest BCUT2D eigenvalue weighted by Crippen LogP contribution is -2.17. The highest BCUT2D eigenvalue weighted by molar-refractivity contribution is 14.1. The zero-order valence-electron chi connectivity index (χ0n) is 5.89. The van der Waals surface area contributed by atoms with Gasteiger partial charge in [-0.25, -0.2) is 0 Å². The largest absolute Gasteiger partial charge is 0.122 e. The molecule has 0 heterocycles. The molecule has 0 bridgehead atoms. The van der Waals surface area contributed by atoms with Crippen LogP contribution in [0, 0.1) is 5.92 Å². The van der Waals surface area contributed by atoms with Gasteiger partial charge in [0.2, 0.25) is 0 Å². The molecular weight excluding hydrogens is 258 g/mol. The van der Waals surface area contributed by atoms with Gasteiger partial charge in [0.25, 0.3) is 0 Å². The summed E-state index contributed by atoms with van der Waals surface area (Å²) in [4.78, 5) is 0. The van der Waals surface area contributed by atoms with Gasteiger partial charge in [0.05, 0.1) is 0 Å². The summed E-state index contributed by atoms with van der Waals surface area (Å²) in [5.41, 5.74) is 0. The summed E-state index contributed by atoms with van der Waals surface area (Å²) in [6, 6.07) is 0. The lowest BCUT2D eigenvalue weighted by Gasteiger charge is -2.20. The second-order valence-electron chi connectivity index (χ2n) is 2.71. The Bertz CT molecular complexity index is 122. The molecule has 58 valence electrons. The summed E-state index contributed by atoms with van der Waals surface area (Å²) in [6.45, 7) is 0. The molecule has 0 aromatic heterocycles. The smallest absolute Gasteiger partial charge is 0.0456 e. The van der Waals surface area contributed by atoms with Crippen LogP contribution in [-0.2, 0) is 0 Å². The Labute approximate surface area is 81.2 Å². The molecular formula is C8H12ClI. The first-order valence-electron chi connectivity index (χ1n) is 3.69. The summed E-state index contributed by atoms with van der Waals surface area (Å²) in [5.74, 6) is 0.739. The van der Waals surface area contributed by atoms with E-state index < -0.39 is 0 Å². The zero-order chi connectivity index (χ0) is 7.40. The molecule has 2 heteroatoms. The van der Waals surface area contributed by atoms with Crippen molar-refractivity contribution in [3.8, 4) is 0 Å². The van der Waals surface area contributed by atoms with Crippen LogP contribution in [0.5, 0.6) is 0 Å². The summed E-state index contributed by atoms with van der Waals surface area (Å²) < 4.78 is 1.08. The van der Waals surface area contributed by atoms with Gasteiger partial charge >= 0.3 is 0 Å². The van der Waals surface area contributed by atoms with Crippen LogP contribution in [0.3, 0.4) is 0 Å². The minimum Gasteiger partial charge on any atom is -0.122 e. The maximum atomic E-state index is 6.10. The SMILES string of the molecule is ClC(CI)C1CC=CCC1. The van der Waals surface area contributed by atoms with Crippen LogP contribution in [0.25, 0.3) is 0 Å². The van der Waals surface area contributed by atoms with Crippen molar-refractivity contribution in [1.29, 1.82) is 0 Å². The van der Waals surface area contributed by atoms with Gasteiger partial charge in [-0.15, -0.1) is 11.6 Å². The number of rotatable bonds is 2. The van der Waals surface area contributed by atoms with Crippen LogP contribution >= 0.6 is 34.2 Å². The minimum absolute atomic E-state index is 0.394. The fourth-order valence-corrected chi connectivity index (χ4v) is 2.22. The number of alkyl halides is 2. The van der Waals surface area contributed by atoms with Gasteiger partial charge in [-0.2, -0.15) is 0 Å². The number of hydrogen-bond donors (Lipinski definition) is 0. The van der Waals surface area contributed by atoms with E-state index in [0.717, 1.165) is 10.3 Å². The minimum atomic E-state index is 0.394. The van der Waals surface area contributed by atoms with Crippen LogP contribution in [-0.4, -0.2) is 9.80 Å². The van der Waals surface area contributed by atoms with E-state index in [1.165, 1.54) is 19.3 Å². The van der Waals surface area contributed by atoms with Crippen molar-refractivity contribution in [2.45, 2.75) is 24.6 Å². The van der Waals surface area contributed by atoms with Gasteiger partial charge in [-0.3, -0.25) is 0 Å². The van der Waals surface area contributed by atoms with Crippen molar-refractivity contribution in [3.05, 3.63) is 12.2 Å². The maximum absolute atomic E-state index is 6.10. The topological polar surface area (TPSA) is 0 Å². The standard InChI is InChI=1S/C8H12ClI/c9-8(6-10)7-4-2-1-3-5-7/h1-2,7-8H,3-6H2. The Morgan fingerprint density at radius 1 is 1.60 bits per heavy atom. The van der Waals surface area contributed by atoms with E-state index in [2.05, 4.69) is 34.7 Å². The van der Waals surface area contributed by atoms with Gasteiger partial charge in [-0.05, 0) is 25.2 Å². The van der Waals surface area contributed by atoms with Crippen LogP contribution in [0.2, 0.25) is 0 Å². The lowest BCUT2D eigenvalue weighted by atomic mass is 9.92. The highest BCUT2D eigenvalue weighted by Crippen LogP contribution is 2.26. The van der Waals surface area contributed by atoms with Gasteiger partial charge in [0, 0.05) is 9.80 Å². The van der Waals surface area contributed by atoms with Crippen LogP contribution in [0.4, 0.5) is 0 Å². The lowest BCUT2D eigenvalue weighted by molar-refractivity contribution is 0.477. The molecule has 0 fully saturated rings. The first-order valence-corrected chi connectivity index (χ1v) is 5.66. The fourth-order valence-electron chi connectivity index (χ4n) is 1.27. The molecule has 0 amide bonds. The van der Waals surface area contributed by atoms with Gasteiger partial charge in [-0.1, -0.05) is 34.7 Å². The summed E-state index contributed by atoms with van der Waals surface area (Å²) in [5, 5.41) is 0.394. The fraction of sp³-hybridized carbons (Fsp3) is 0.750. The molecule has 0 aromatic carbocycles. The van der Waals surface area contributed by atoms with E-state index in [-0.39, 0.29) is 0 Å². The molecule has 0 radical (unpaired) electrons. The molecule has 1 aliphatic carbocycles. The predicted molar refractivity (Wildman–Crippen MR) is 55.0 cm³/mol. The molecule has 0 aromatic rings. The molecule has 0 saturated carbocycles. The Morgan fingerprint density at radius 3 is 2.90 bits per heavy atom. The summed E-state index contributed by atoms with van der Waals surface area (Å²) >= 11 is 8.46. The third kappa shape index (κ3) is 2.42. The normalized spacial score (nSPS) is 28.4. The van der Waals surface area contributed by atoms with Crippen molar-refractivity contribution in [2.24, 2.45) is 5.92 Å². The van der Waals surface area contributed by atoms with Crippen LogP contribution < -0.4 is 0 Å². The Hall–Kier alpha value is 0.760. The van der Waals surface area contributed by atoms with Gasteiger partial charge < -0.3 is 0 Å². The molecule has 1 aliphatic rings. The first-order chi connectivity index (χ1) is 4.84. The van der Waals surface area contributed by atoms with Crippen LogP contribution in [0.15, 0.2) is 12.2 Å². The van der Waals surface area contributed by atoms with E-state index in [4.69, 9.17) is 11.6 Å². The number of hydrogen-bond acceptors (Lipinski definition) is 0. The molecule has 0 saturated heterocycles. The van der Waals surface area contributed by atoms with E-state index in [1.807, 2.05) is 0 Å². The van der Waals surface area contributed by atoms with Crippen molar-refractivity contribution < 1.29 is 0 Å². The third-order valence-corrected chi connectivity index (χ3v) is 3.95. The van der Waals surface area contributed by atoms with E-state index in [1.54, 1.807) is 0 Å². The molecule has 0 nitrogen and oxygen atoms in total. The van der Waals surface area contributed by atoms with E-state index in [9.17, 15) is 0 Å². The Kier molecular flexibility index (Phi) is 4.07. The highest BCUT2D eigenvalue weighted by atomic mass is 127. The number of halogens is 2. The molecule has 0 spiro atoms. The molecule has 10 heavy (non-hydrogen) atoms. The second-order valence-corrected chi connectivity index (χ2v) is 4.16. The molecule has 2 unspecified atom stereocenters. The zero-order valence-corrected chi connectivity index (χ0v) is 8.81. The molecule has 2 atom stereocenters. The van der Waals surface area contributed by atoms with Crippen molar-refractivity contribution >= 4 is 34.2 Å². The number of allylic oxidation sites excluding steroid dienone is 2. The average molecular weight is 271 g/mol. The Morgan fingerprint density at radius 2 is 2.40 bits per heavy atom.